The summed E-state index contributed by atoms with van der Waals surface area (Å²) in [5.74, 6) is 7.63. The van der Waals surface area contributed by atoms with Crippen LogP contribution in [0.5, 0.6) is 0 Å². The molecule has 1 aliphatic rings. The Balaban J connectivity index is 2.11. The van der Waals surface area contributed by atoms with Crippen LogP contribution in [0.2, 0.25) is 0 Å². The van der Waals surface area contributed by atoms with Gasteiger partial charge in [0.2, 0.25) is 0 Å². The SMILES string of the molecule is CC(C)c1ccc(C(NN)C2CCCCS2)cc1. The normalized spacial score (nSPS) is 22.1. The zero-order valence-corrected chi connectivity index (χ0v) is 12.2. The average molecular weight is 264 g/mol. The summed E-state index contributed by atoms with van der Waals surface area (Å²) in [5.41, 5.74) is 5.73. The fourth-order valence-corrected chi connectivity index (χ4v) is 3.97. The van der Waals surface area contributed by atoms with Crippen molar-refractivity contribution < 1.29 is 0 Å². The summed E-state index contributed by atoms with van der Waals surface area (Å²) in [6, 6.07) is 9.22. The largest absolute Gasteiger partial charge is 0.271 e. The first kappa shape index (κ1) is 13.9. The van der Waals surface area contributed by atoms with Crippen molar-refractivity contribution in [1.82, 2.24) is 5.43 Å². The van der Waals surface area contributed by atoms with Crippen molar-refractivity contribution in [3.05, 3.63) is 35.4 Å². The van der Waals surface area contributed by atoms with Crippen LogP contribution < -0.4 is 11.3 Å². The lowest BCUT2D eigenvalue weighted by Crippen LogP contribution is -2.36. The molecule has 1 fully saturated rings. The molecule has 0 saturated carbocycles. The molecular formula is C15H24N2S. The molecular weight excluding hydrogens is 240 g/mol. The van der Waals surface area contributed by atoms with E-state index in [0.29, 0.717) is 11.2 Å². The van der Waals surface area contributed by atoms with Gasteiger partial charge in [0.15, 0.2) is 0 Å². The van der Waals surface area contributed by atoms with Gasteiger partial charge in [0.1, 0.15) is 0 Å². The lowest BCUT2D eigenvalue weighted by atomic mass is 9.96. The van der Waals surface area contributed by atoms with Crippen LogP contribution in [-0.2, 0) is 0 Å². The summed E-state index contributed by atoms with van der Waals surface area (Å²) in [7, 11) is 0. The molecule has 1 aromatic carbocycles. The molecule has 0 spiro atoms. The summed E-state index contributed by atoms with van der Waals surface area (Å²) >= 11 is 2.06. The Morgan fingerprint density at radius 3 is 2.33 bits per heavy atom. The van der Waals surface area contributed by atoms with E-state index >= 15 is 0 Å². The standard InChI is InChI=1S/C15H24N2S/c1-11(2)12-6-8-13(9-7-12)15(17-16)14-5-3-4-10-18-14/h6-9,11,14-15,17H,3-5,10,16H2,1-2H3. The summed E-state index contributed by atoms with van der Waals surface area (Å²) < 4.78 is 0. The van der Waals surface area contributed by atoms with Crippen molar-refractivity contribution in [2.24, 2.45) is 5.84 Å². The molecule has 2 atom stereocenters. The van der Waals surface area contributed by atoms with E-state index in [1.54, 1.807) is 0 Å². The van der Waals surface area contributed by atoms with E-state index < -0.39 is 0 Å². The third-order valence-corrected chi connectivity index (χ3v) is 5.19. The van der Waals surface area contributed by atoms with E-state index in [2.05, 4.69) is 55.3 Å². The molecule has 3 N–H and O–H groups in total. The van der Waals surface area contributed by atoms with Crippen LogP contribution in [0.4, 0.5) is 0 Å². The zero-order valence-electron chi connectivity index (χ0n) is 11.4. The van der Waals surface area contributed by atoms with E-state index in [1.165, 1.54) is 36.1 Å². The molecule has 2 rings (SSSR count). The maximum atomic E-state index is 5.77. The highest BCUT2D eigenvalue weighted by atomic mass is 32.2. The van der Waals surface area contributed by atoms with Gasteiger partial charge in [0, 0.05) is 5.25 Å². The first-order valence-corrected chi connectivity index (χ1v) is 7.95. The maximum Gasteiger partial charge on any atom is 0.0578 e. The molecule has 0 bridgehead atoms. The number of benzene rings is 1. The highest BCUT2D eigenvalue weighted by Gasteiger charge is 2.24. The van der Waals surface area contributed by atoms with Crippen LogP contribution in [0.3, 0.4) is 0 Å². The van der Waals surface area contributed by atoms with Crippen molar-refractivity contribution in [3.63, 3.8) is 0 Å². The fraction of sp³-hybridized carbons (Fsp3) is 0.600. The topological polar surface area (TPSA) is 38.0 Å². The van der Waals surface area contributed by atoms with Crippen LogP contribution in [0.1, 0.15) is 56.2 Å². The molecule has 1 aliphatic heterocycles. The van der Waals surface area contributed by atoms with Gasteiger partial charge in [-0.15, -0.1) is 0 Å². The molecule has 100 valence electrons. The van der Waals surface area contributed by atoms with Crippen LogP contribution >= 0.6 is 11.8 Å². The van der Waals surface area contributed by atoms with Crippen molar-refractivity contribution >= 4 is 11.8 Å². The summed E-state index contributed by atoms with van der Waals surface area (Å²) in [6.07, 6.45) is 3.95. The molecule has 1 aromatic rings. The average Bonchev–Trinajstić information content (AvgIpc) is 2.41. The second-order valence-corrected chi connectivity index (χ2v) is 6.72. The molecule has 1 saturated heterocycles. The first-order valence-electron chi connectivity index (χ1n) is 6.90. The smallest absolute Gasteiger partial charge is 0.0578 e. The van der Waals surface area contributed by atoms with Gasteiger partial charge >= 0.3 is 0 Å². The van der Waals surface area contributed by atoms with Crippen molar-refractivity contribution in [2.45, 2.75) is 50.3 Å². The van der Waals surface area contributed by atoms with Crippen LogP contribution in [0, 0.1) is 0 Å². The summed E-state index contributed by atoms with van der Waals surface area (Å²) in [5, 5.41) is 0.619. The van der Waals surface area contributed by atoms with Gasteiger partial charge in [0.05, 0.1) is 6.04 Å². The van der Waals surface area contributed by atoms with Crippen LogP contribution in [-0.4, -0.2) is 11.0 Å². The summed E-state index contributed by atoms with van der Waals surface area (Å²) in [4.78, 5) is 0. The lowest BCUT2D eigenvalue weighted by molar-refractivity contribution is 0.491. The van der Waals surface area contributed by atoms with Gasteiger partial charge in [-0.1, -0.05) is 44.5 Å². The van der Waals surface area contributed by atoms with E-state index in [4.69, 9.17) is 5.84 Å². The monoisotopic (exact) mass is 264 g/mol. The van der Waals surface area contributed by atoms with E-state index in [-0.39, 0.29) is 6.04 Å². The van der Waals surface area contributed by atoms with Gasteiger partial charge in [-0.2, -0.15) is 11.8 Å². The maximum absolute atomic E-state index is 5.77. The number of thioether (sulfide) groups is 1. The minimum atomic E-state index is 0.288. The Hall–Kier alpha value is -0.510. The first-order chi connectivity index (χ1) is 8.72. The minimum absolute atomic E-state index is 0.288. The van der Waals surface area contributed by atoms with Gasteiger partial charge in [0.25, 0.3) is 0 Å². The Kier molecular flexibility index (Phi) is 5.10. The predicted molar refractivity (Wildman–Crippen MR) is 80.7 cm³/mol. The van der Waals surface area contributed by atoms with Gasteiger partial charge in [-0.05, 0) is 35.6 Å². The Morgan fingerprint density at radius 1 is 1.17 bits per heavy atom. The molecule has 2 unspecified atom stereocenters. The number of hydrazine groups is 1. The number of hydrogen-bond acceptors (Lipinski definition) is 3. The van der Waals surface area contributed by atoms with Crippen LogP contribution in [0.15, 0.2) is 24.3 Å². The van der Waals surface area contributed by atoms with Crippen molar-refractivity contribution in [2.75, 3.05) is 5.75 Å². The van der Waals surface area contributed by atoms with E-state index in [1.807, 2.05) is 0 Å². The Labute approximate surface area is 115 Å². The highest BCUT2D eigenvalue weighted by Crippen LogP contribution is 2.34. The third-order valence-electron chi connectivity index (χ3n) is 3.73. The van der Waals surface area contributed by atoms with Gasteiger partial charge in [-0.3, -0.25) is 11.3 Å². The quantitative estimate of drug-likeness (QED) is 0.644. The number of hydrogen-bond donors (Lipinski definition) is 2. The van der Waals surface area contributed by atoms with Gasteiger partial charge < -0.3 is 0 Å². The molecule has 0 radical (unpaired) electrons. The second-order valence-electron chi connectivity index (χ2n) is 5.37. The Morgan fingerprint density at radius 2 is 1.83 bits per heavy atom. The fourth-order valence-electron chi connectivity index (χ4n) is 2.53. The Bertz CT molecular complexity index is 355. The number of nitrogens with two attached hydrogens (primary N) is 1. The minimum Gasteiger partial charge on any atom is -0.271 e. The van der Waals surface area contributed by atoms with Gasteiger partial charge in [-0.25, -0.2) is 0 Å². The molecule has 2 nitrogen and oxygen atoms in total. The molecule has 18 heavy (non-hydrogen) atoms. The summed E-state index contributed by atoms with van der Waals surface area (Å²) in [6.45, 7) is 4.45. The molecule has 0 amide bonds. The second kappa shape index (κ2) is 6.60. The van der Waals surface area contributed by atoms with Crippen LogP contribution in [0.25, 0.3) is 0 Å². The zero-order chi connectivity index (χ0) is 13.0. The molecule has 1 heterocycles. The van der Waals surface area contributed by atoms with Crippen molar-refractivity contribution in [3.8, 4) is 0 Å². The predicted octanol–water partition coefficient (Wildman–Crippen LogP) is 3.60. The van der Waals surface area contributed by atoms with E-state index in [0.717, 1.165) is 0 Å². The van der Waals surface area contributed by atoms with E-state index in [9.17, 15) is 0 Å². The number of nitrogens with one attached hydrogen (secondary N) is 1. The molecule has 3 heteroatoms. The van der Waals surface area contributed by atoms with Crippen molar-refractivity contribution in [1.29, 1.82) is 0 Å². The lowest BCUT2D eigenvalue weighted by Gasteiger charge is -2.29. The molecule has 0 aromatic heterocycles. The third kappa shape index (κ3) is 3.28. The highest BCUT2D eigenvalue weighted by molar-refractivity contribution is 8.00. The molecule has 0 aliphatic carbocycles. The number of rotatable bonds is 4.